The van der Waals surface area contributed by atoms with Gasteiger partial charge in [-0.2, -0.15) is 0 Å². The van der Waals surface area contributed by atoms with Gasteiger partial charge in [-0.15, -0.1) is 0 Å². The van der Waals surface area contributed by atoms with E-state index >= 15 is 0 Å². The van der Waals surface area contributed by atoms with Crippen LogP contribution in [0.1, 0.15) is 32.1 Å². The zero-order chi connectivity index (χ0) is 9.15. The highest BCUT2D eigenvalue weighted by Gasteiger charge is 3.05. The van der Waals surface area contributed by atoms with Crippen LogP contribution in [-0.4, -0.2) is 0 Å². The first-order valence-electron chi connectivity index (χ1n) is 7.43. The van der Waals surface area contributed by atoms with Crippen LogP contribution in [0.3, 0.4) is 0 Å². The van der Waals surface area contributed by atoms with Crippen LogP contribution in [0.15, 0.2) is 0 Å². The zero-order valence-electron chi connectivity index (χ0n) is 9.15. The Hall–Kier alpha value is 0. The van der Waals surface area contributed by atoms with Gasteiger partial charge < -0.3 is 0 Å². The molecule has 7 aliphatic rings. The molecule has 2 spiro atoms. The van der Waals surface area contributed by atoms with E-state index in [-0.39, 0.29) is 0 Å². The van der Waals surface area contributed by atoms with Crippen molar-refractivity contribution >= 4 is 0 Å². The topological polar surface area (TPSA) is 0 Å². The third-order valence-corrected chi connectivity index (χ3v) is 9.17. The fourth-order valence-corrected chi connectivity index (χ4v) is 9.79. The summed E-state index contributed by atoms with van der Waals surface area (Å²) in [5.74, 6) is 10.3. The summed E-state index contributed by atoms with van der Waals surface area (Å²) in [5, 5.41) is 0. The first kappa shape index (κ1) is 6.67. The minimum atomic E-state index is 1.07. The van der Waals surface area contributed by atoms with Gasteiger partial charge in [0.1, 0.15) is 0 Å². The van der Waals surface area contributed by atoms with Gasteiger partial charge in [-0.3, -0.25) is 0 Å². The maximum Gasteiger partial charge on any atom is -0.0131 e. The number of hydrogen-bond acceptors (Lipinski definition) is 0. The Morgan fingerprint density at radius 2 is 1.40 bits per heavy atom. The summed E-state index contributed by atoms with van der Waals surface area (Å²) < 4.78 is 0. The van der Waals surface area contributed by atoms with Crippen LogP contribution >= 0.6 is 0 Å². The SMILES string of the molecule is C1CC2C3C(C1)C1C4CC5CC6C2C31C564. The van der Waals surface area contributed by atoms with Crippen LogP contribution in [0.4, 0.5) is 0 Å². The second-order valence-corrected chi connectivity index (χ2v) is 8.08. The molecule has 78 valence electrons. The normalized spacial score (nSPS) is 91.2. The minimum absolute atomic E-state index is 1.07. The van der Waals surface area contributed by atoms with Crippen molar-refractivity contribution in [3.05, 3.63) is 0 Å². The molecule has 7 rings (SSSR count). The van der Waals surface area contributed by atoms with Crippen LogP contribution in [0.5, 0.6) is 0 Å². The highest BCUT2D eigenvalue weighted by atomic mass is 15.1. The standard InChI is InChI=1S/C15H18/c1-2-7-11-8(3-1)13-10-5-6-4-9-12(7)15(11,13)14(6,9)10/h6-13H,1-5H2. The van der Waals surface area contributed by atoms with E-state index in [0.717, 1.165) is 10.8 Å². The summed E-state index contributed by atoms with van der Waals surface area (Å²) in [5.41, 5.74) is 2.14. The molecular formula is C15H18. The van der Waals surface area contributed by atoms with Gasteiger partial charge in [0.15, 0.2) is 0 Å². The molecule has 0 aliphatic heterocycles. The lowest BCUT2D eigenvalue weighted by molar-refractivity contribution is -0.626. The Bertz CT molecular complexity index is 378. The van der Waals surface area contributed by atoms with E-state index < -0.39 is 0 Å². The summed E-state index contributed by atoms with van der Waals surface area (Å²) in [4.78, 5) is 0. The fourth-order valence-electron chi connectivity index (χ4n) is 9.79. The van der Waals surface area contributed by atoms with Gasteiger partial charge in [-0.25, -0.2) is 0 Å². The lowest BCUT2D eigenvalue weighted by atomic mass is 8.95. The largest absolute Gasteiger partial charge is 0.0527 e. The van der Waals surface area contributed by atoms with Crippen molar-refractivity contribution in [3.63, 3.8) is 0 Å². The first-order valence-corrected chi connectivity index (χ1v) is 7.43. The van der Waals surface area contributed by atoms with E-state index in [1.807, 2.05) is 0 Å². The molecule has 0 saturated heterocycles. The van der Waals surface area contributed by atoms with E-state index in [9.17, 15) is 0 Å². The Morgan fingerprint density at radius 1 is 0.733 bits per heavy atom. The van der Waals surface area contributed by atoms with Crippen molar-refractivity contribution in [3.8, 4) is 0 Å². The highest BCUT2D eigenvalue weighted by Crippen LogP contribution is 3.09. The van der Waals surface area contributed by atoms with Crippen LogP contribution in [0, 0.1) is 58.2 Å². The molecule has 7 saturated carbocycles. The third-order valence-electron chi connectivity index (χ3n) is 9.17. The van der Waals surface area contributed by atoms with Crippen molar-refractivity contribution in [2.24, 2.45) is 58.2 Å². The molecule has 7 aliphatic carbocycles. The molecule has 0 heterocycles. The molecule has 0 heteroatoms. The van der Waals surface area contributed by atoms with Crippen LogP contribution < -0.4 is 0 Å². The summed E-state index contributed by atoms with van der Waals surface area (Å²) in [6.45, 7) is 0. The molecule has 7 fully saturated rings. The average Bonchev–Trinajstić information content (AvgIpc) is 2.14. The molecule has 15 heavy (non-hydrogen) atoms. The Morgan fingerprint density at radius 3 is 2.00 bits per heavy atom. The van der Waals surface area contributed by atoms with E-state index in [1.54, 1.807) is 32.1 Å². The predicted molar refractivity (Wildman–Crippen MR) is 55.9 cm³/mol. The molecule has 0 amide bonds. The van der Waals surface area contributed by atoms with Gasteiger partial charge in [-0.1, -0.05) is 6.42 Å². The first-order chi connectivity index (χ1) is 7.43. The summed E-state index contributed by atoms with van der Waals surface area (Å²) >= 11 is 0. The quantitative estimate of drug-likeness (QED) is 0.561. The lowest BCUT2D eigenvalue weighted by Crippen LogP contribution is -3.05. The van der Waals surface area contributed by atoms with Crippen LogP contribution in [0.2, 0.25) is 0 Å². The van der Waals surface area contributed by atoms with Gasteiger partial charge in [0.25, 0.3) is 0 Å². The number of hydrogen-bond donors (Lipinski definition) is 0. The smallest absolute Gasteiger partial charge is 0.0131 e. The number of rotatable bonds is 0. The highest BCUT2D eigenvalue weighted by molar-refractivity contribution is 5.51. The van der Waals surface area contributed by atoms with E-state index in [4.69, 9.17) is 0 Å². The maximum atomic E-state index is 1.68. The Labute approximate surface area is 90.8 Å². The summed E-state index contributed by atoms with van der Waals surface area (Å²) in [6, 6.07) is 0. The molecule has 0 aromatic rings. The summed E-state index contributed by atoms with van der Waals surface area (Å²) in [6.07, 6.45) is 8.25. The molecular weight excluding hydrogens is 180 g/mol. The van der Waals surface area contributed by atoms with Crippen molar-refractivity contribution < 1.29 is 0 Å². The van der Waals surface area contributed by atoms with Gasteiger partial charge in [0.05, 0.1) is 0 Å². The van der Waals surface area contributed by atoms with Crippen molar-refractivity contribution in [1.82, 2.24) is 0 Å². The summed E-state index contributed by atoms with van der Waals surface area (Å²) in [7, 11) is 0. The second-order valence-electron chi connectivity index (χ2n) is 8.08. The van der Waals surface area contributed by atoms with Crippen molar-refractivity contribution in [1.29, 1.82) is 0 Å². The maximum absolute atomic E-state index is 1.68. The molecule has 6 unspecified atom stereocenters. The van der Waals surface area contributed by atoms with Gasteiger partial charge in [0.2, 0.25) is 0 Å². The minimum Gasteiger partial charge on any atom is -0.0527 e. The van der Waals surface area contributed by atoms with Crippen LogP contribution in [-0.2, 0) is 0 Å². The van der Waals surface area contributed by atoms with Gasteiger partial charge in [-0.05, 0) is 83.9 Å². The van der Waals surface area contributed by atoms with Crippen molar-refractivity contribution in [2.75, 3.05) is 0 Å². The van der Waals surface area contributed by atoms with Crippen LogP contribution in [0.25, 0.3) is 0 Å². The van der Waals surface area contributed by atoms with E-state index in [0.29, 0.717) is 0 Å². The molecule has 0 aromatic heterocycles. The number of fused-ring (bicyclic) bond motifs is 4. The molecule has 0 nitrogen and oxygen atoms in total. The fraction of sp³-hybridized carbons (Fsp3) is 1.00. The monoisotopic (exact) mass is 198 g/mol. The molecule has 0 bridgehead atoms. The molecule has 6 atom stereocenters. The third kappa shape index (κ3) is 0.293. The van der Waals surface area contributed by atoms with E-state index in [2.05, 4.69) is 0 Å². The molecule has 0 aromatic carbocycles. The average molecular weight is 198 g/mol. The Kier molecular flexibility index (Phi) is 0.626. The van der Waals surface area contributed by atoms with Gasteiger partial charge >= 0.3 is 0 Å². The predicted octanol–water partition coefficient (Wildman–Crippen LogP) is 2.93. The van der Waals surface area contributed by atoms with E-state index in [1.165, 1.54) is 47.3 Å². The lowest BCUT2D eigenvalue weighted by Gasteiger charge is -3.09. The zero-order valence-corrected chi connectivity index (χ0v) is 9.15. The second kappa shape index (κ2) is 1.41. The molecule has 0 radical (unpaired) electrons. The van der Waals surface area contributed by atoms with Crippen molar-refractivity contribution in [2.45, 2.75) is 32.1 Å². The van der Waals surface area contributed by atoms with Gasteiger partial charge in [0, 0.05) is 0 Å². The molecule has 0 N–H and O–H groups in total. The Balaban J connectivity index is 1.51.